The van der Waals surface area contributed by atoms with Crippen molar-refractivity contribution in [1.29, 1.82) is 0 Å². The summed E-state index contributed by atoms with van der Waals surface area (Å²) in [5, 5.41) is 2.83. The largest absolute Gasteiger partial charge is 0.376 e. The maximum atomic E-state index is 13.1. The second-order valence-corrected chi connectivity index (χ2v) is 3.46. The van der Waals surface area contributed by atoms with Gasteiger partial charge in [0.25, 0.3) is 0 Å². The Hall–Kier alpha value is -1.24. The second kappa shape index (κ2) is 5.74. The van der Waals surface area contributed by atoms with Gasteiger partial charge in [-0.05, 0) is 30.4 Å². The van der Waals surface area contributed by atoms with Gasteiger partial charge in [0.05, 0.1) is 0 Å². The molecule has 0 aliphatic rings. The first-order valence-corrected chi connectivity index (χ1v) is 4.90. The molecule has 0 amide bonds. The van der Waals surface area contributed by atoms with Crippen molar-refractivity contribution in [1.82, 2.24) is 0 Å². The highest BCUT2D eigenvalue weighted by atomic mass is 32.1. The number of benzene rings is 1. The minimum Gasteiger partial charge on any atom is -0.376 e. The van der Waals surface area contributed by atoms with Gasteiger partial charge in [-0.2, -0.15) is 0 Å². The highest BCUT2D eigenvalue weighted by Crippen LogP contribution is 2.26. The molecule has 0 unspecified atom stereocenters. The molecule has 6 heteroatoms. The van der Waals surface area contributed by atoms with Crippen LogP contribution in [0.1, 0.15) is 11.9 Å². The summed E-state index contributed by atoms with van der Waals surface area (Å²) in [6.45, 7) is 0. The lowest BCUT2D eigenvalue weighted by molar-refractivity contribution is -0.105. The number of nitrogens with two attached hydrogens (primary N) is 1. The van der Waals surface area contributed by atoms with Crippen LogP contribution in [0.25, 0.3) is 0 Å². The number of anilines is 1. The van der Waals surface area contributed by atoms with E-state index in [1.165, 1.54) is 32.4 Å². The van der Waals surface area contributed by atoms with Gasteiger partial charge >= 0.3 is 0 Å². The monoisotopic (exact) mass is 244 g/mol. The van der Waals surface area contributed by atoms with Crippen LogP contribution in [0, 0.1) is 5.82 Å². The number of rotatable bonds is 4. The van der Waals surface area contributed by atoms with Gasteiger partial charge in [0, 0.05) is 25.5 Å². The molecule has 1 aromatic rings. The van der Waals surface area contributed by atoms with Crippen LogP contribution < -0.4 is 11.1 Å². The molecule has 0 radical (unpaired) electrons. The van der Waals surface area contributed by atoms with Crippen molar-refractivity contribution in [3.63, 3.8) is 0 Å². The molecule has 0 spiro atoms. The van der Waals surface area contributed by atoms with Gasteiger partial charge in [-0.25, -0.2) is 4.39 Å². The van der Waals surface area contributed by atoms with Gasteiger partial charge in [-0.3, -0.25) is 0 Å². The van der Waals surface area contributed by atoms with Crippen LogP contribution in [0.15, 0.2) is 18.2 Å². The number of ether oxygens (including phenoxy) is 2. The predicted molar refractivity (Wildman–Crippen MR) is 63.6 cm³/mol. The summed E-state index contributed by atoms with van der Waals surface area (Å²) in [6.07, 6.45) is -0.674. The molecule has 16 heavy (non-hydrogen) atoms. The van der Waals surface area contributed by atoms with Gasteiger partial charge in [0.15, 0.2) is 11.4 Å². The van der Waals surface area contributed by atoms with Crippen molar-refractivity contribution < 1.29 is 13.9 Å². The van der Waals surface area contributed by atoms with Crippen molar-refractivity contribution in [2.24, 2.45) is 5.73 Å². The minimum absolute atomic E-state index is 0.0961. The summed E-state index contributed by atoms with van der Waals surface area (Å²) >= 11 is 4.72. The van der Waals surface area contributed by atoms with E-state index in [9.17, 15) is 4.39 Å². The van der Waals surface area contributed by atoms with E-state index >= 15 is 0 Å². The van der Waals surface area contributed by atoms with Crippen molar-refractivity contribution in [2.75, 3.05) is 19.5 Å². The van der Waals surface area contributed by atoms with Crippen molar-refractivity contribution in [2.45, 2.75) is 6.29 Å². The lowest BCUT2D eigenvalue weighted by atomic mass is 10.1. The fraction of sp³-hybridized carbons (Fsp3) is 0.300. The summed E-state index contributed by atoms with van der Waals surface area (Å²) in [6, 6.07) is 4.12. The average molecular weight is 244 g/mol. The highest BCUT2D eigenvalue weighted by Gasteiger charge is 2.15. The smallest absolute Gasteiger partial charge is 0.185 e. The molecular weight excluding hydrogens is 231 g/mol. The molecule has 1 rings (SSSR count). The molecule has 0 bridgehead atoms. The summed E-state index contributed by atoms with van der Waals surface area (Å²) in [5.74, 6) is -0.386. The van der Waals surface area contributed by atoms with E-state index in [-0.39, 0.29) is 10.9 Å². The van der Waals surface area contributed by atoms with Crippen LogP contribution in [0.5, 0.6) is 0 Å². The van der Waals surface area contributed by atoms with Crippen LogP contribution in [0.4, 0.5) is 10.1 Å². The Morgan fingerprint density at radius 1 is 1.44 bits per heavy atom. The Morgan fingerprint density at radius 3 is 2.56 bits per heavy atom. The van der Waals surface area contributed by atoms with Gasteiger partial charge in [-0.15, -0.1) is 0 Å². The van der Waals surface area contributed by atoms with E-state index in [0.717, 1.165) is 0 Å². The van der Waals surface area contributed by atoms with Gasteiger partial charge in [-0.1, -0.05) is 0 Å². The third-order valence-corrected chi connectivity index (χ3v) is 2.06. The Balaban J connectivity index is 3.11. The van der Waals surface area contributed by atoms with Crippen LogP contribution in [0.3, 0.4) is 0 Å². The number of thiocarbonyl (C=S) groups is 1. The Labute approximate surface area is 98.5 Å². The number of hydrogen-bond donors (Lipinski definition) is 2. The fourth-order valence-electron chi connectivity index (χ4n) is 1.33. The van der Waals surface area contributed by atoms with Gasteiger partial charge in [0.2, 0.25) is 0 Å². The van der Waals surface area contributed by atoms with E-state index < -0.39 is 6.29 Å². The third kappa shape index (κ3) is 3.13. The zero-order valence-electron chi connectivity index (χ0n) is 8.99. The molecular formula is C10H13FN2O2S. The molecule has 88 valence electrons. The van der Waals surface area contributed by atoms with E-state index in [2.05, 4.69) is 5.32 Å². The van der Waals surface area contributed by atoms with E-state index in [1.54, 1.807) is 0 Å². The lowest BCUT2D eigenvalue weighted by Gasteiger charge is -2.18. The van der Waals surface area contributed by atoms with E-state index in [1.807, 2.05) is 0 Å². The molecule has 0 saturated carbocycles. The number of halogens is 1. The minimum atomic E-state index is -0.674. The number of nitrogens with one attached hydrogen (secondary N) is 1. The van der Waals surface area contributed by atoms with Gasteiger partial charge in [0.1, 0.15) is 5.82 Å². The molecule has 4 nitrogen and oxygen atoms in total. The Morgan fingerprint density at radius 2 is 2.06 bits per heavy atom. The van der Waals surface area contributed by atoms with Gasteiger partial charge < -0.3 is 20.5 Å². The Bertz CT molecular complexity index is 383. The average Bonchev–Trinajstić information content (AvgIpc) is 2.23. The maximum absolute atomic E-state index is 13.1. The number of hydrogen-bond acceptors (Lipinski definition) is 3. The third-order valence-electron chi connectivity index (χ3n) is 1.95. The van der Waals surface area contributed by atoms with Crippen LogP contribution in [0.2, 0.25) is 0 Å². The molecule has 1 aromatic carbocycles. The fourth-order valence-corrected chi connectivity index (χ4v) is 1.44. The normalized spacial score (nSPS) is 10.5. The highest BCUT2D eigenvalue weighted by molar-refractivity contribution is 7.80. The zero-order valence-corrected chi connectivity index (χ0v) is 9.81. The molecule has 0 aliphatic carbocycles. The van der Waals surface area contributed by atoms with E-state index in [4.69, 9.17) is 27.4 Å². The maximum Gasteiger partial charge on any atom is 0.185 e. The molecule has 3 N–H and O–H groups in total. The van der Waals surface area contributed by atoms with Crippen molar-refractivity contribution in [3.8, 4) is 0 Å². The molecule has 0 heterocycles. The SMILES string of the molecule is COC(OC)c1cc(F)ccc1NC(N)=S. The molecule has 0 atom stereocenters. The van der Waals surface area contributed by atoms with E-state index in [0.29, 0.717) is 11.3 Å². The lowest BCUT2D eigenvalue weighted by Crippen LogP contribution is -2.21. The van der Waals surface area contributed by atoms with Crippen LogP contribution in [-0.2, 0) is 9.47 Å². The molecule has 0 saturated heterocycles. The molecule has 0 aliphatic heterocycles. The first-order valence-electron chi connectivity index (χ1n) is 4.50. The first-order chi connectivity index (χ1) is 7.58. The standard InChI is InChI=1S/C10H13FN2O2S/c1-14-9(15-2)7-5-6(11)3-4-8(7)13-10(12)16/h3-5,9H,1-2H3,(H3,12,13,16). The molecule has 0 aromatic heterocycles. The summed E-state index contributed by atoms with van der Waals surface area (Å²) < 4.78 is 23.2. The summed E-state index contributed by atoms with van der Waals surface area (Å²) in [7, 11) is 2.92. The summed E-state index contributed by atoms with van der Waals surface area (Å²) in [5.41, 5.74) is 6.42. The van der Waals surface area contributed by atoms with Crippen molar-refractivity contribution in [3.05, 3.63) is 29.6 Å². The first kappa shape index (κ1) is 12.8. The summed E-state index contributed by atoms with van der Waals surface area (Å²) in [4.78, 5) is 0. The zero-order chi connectivity index (χ0) is 12.1. The van der Waals surface area contributed by atoms with Crippen LogP contribution in [-0.4, -0.2) is 19.3 Å². The predicted octanol–water partition coefficient (Wildman–Crippen LogP) is 1.77. The quantitative estimate of drug-likeness (QED) is 0.624. The second-order valence-electron chi connectivity index (χ2n) is 3.02. The number of methoxy groups -OCH3 is 2. The molecule has 0 fully saturated rings. The van der Waals surface area contributed by atoms with Crippen LogP contribution >= 0.6 is 12.2 Å². The van der Waals surface area contributed by atoms with Crippen molar-refractivity contribution >= 4 is 23.0 Å². The Kier molecular flexibility index (Phi) is 4.60. The topological polar surface area (TPSA) is 56.5 Å².